The number of aromatic nitrogens is 2. The third-order valence-corrected chi connectivity index (χ3v) is 7.31. The van der Waals surface area contributed by atoms with Gasteiger partial charge in [0.25, 0.3) is 5.91 Å². The van der Waals surface area contributed by atoms with Gasteiger partial charge in [0.2, 0.25) is 0 Å². The smallest absolute Gasteiger partial charge is 0.389 e. The average Bonchev–Trinajstić information content (AvgIpc) is 3.21. The van der Waals surface area contributed by atoms with E-state index in [4.69, 9.17) is 0 Å². The molecule has 1 amide bonds. The maximum absolute atomic E-state index is 14.1. The molecular weight excluding hydrogens is 536 g/mol. The Morgan fingerprint density at radius 2 is 1.92 bits per heavy atom. The van der Waals surface area contributed by atoms with Gasteiger partial charge in [-0.1, -0.05) is 6.42 Å². The summed E-state index contributed by atoms with van der Waals surface area (Å²) in [5.41, 5.74) is -2.54. The molecule has 1 saturated heterocycles. The summed E-state index contributed by atoms with van der Waals surface area (Å²) >= 11 is 0.744. The van der Waals surface area contributed by atoms with Gasteiger partial charge in [0, 0.05) is 30.9 Å². The predicted octanol–water partition coefficient (Wildman–Crippen LogP) is 5.46. The monoisotopic (exact) mass is 567 g/mol. The topological polar surface area (TPSA) is 90.4 Å². The minimum absolute atomic E-state index is 0.0615. The van der Waals surface area contributed by atoms with Gasteiger partial charge in [-0.15, -0.1) is 11.3 Å². The van der Waals surface area contributed by atoms with Crippen molar-refractivity contribution < 1.29 is 36.2 Å². The molecule has 0 spiro atoms. The maximum atomic E-state index is 14.1. The summed E-state index contributed by atoms with van der Waals surface area (Å²) in [7, 11) is 0. The molecule has 3 heterocycles. The largest absolute Gasteiger partial charge is 0.417 e. The number of nitrogens with zero attached hydrogens (tertiary/aromatic N) is 3. The molecule has 2 aromatic rings. The van der Waals surface area contributed by atoms with Crippen molar-refractivity contribution in [2.75, 3.05) is 18.4 Å². The van der Waals surface area contributed by atoms with Gasteiger partial charge in [0.1, 0.15) is 11.9 Å². The molecule has 0 aliphatic carbocycles. The average molecular weight is 568 g/mol. The number of amides is 1. The summed E-state index contributed by atoms with van der Waals surface area (Å²) in [6.45, 7) is 6.55. The van der Waals surface area contributed by atoms with Crippen molar-refractivity contribution in [3.63, 3.8) is 0 Å². The molecule has 1 aliphatic rings. The number of hydrogen-bond acceptors (Lipinski definition) is 7. The zero-order chi connectivity index (χ0) is 28.5. The molecule has 3 N–H and O–H groups in total. The number of halogens is 6. The van der Waals surface area contributed by atoms with E-state index >= 15 is 0 Å². The van der Waals surface area contributed by atoms with Crippen LogP contribution in [0.25, 0.3) is 10.4 Å². The normalized spacial score (nSPS) is 18.3. The second-order valence-electron chi connectivity index (χ2n) is 10.1. The van der Waals surface area contributed by atoms with Crippen molar-refractivity contribution in [1.82, 2.24) is 20.2 Å². The molecule has 14 heteroatoms. The van der Waals surface area contributed by atoms with E-state index in [9.17, 15) is 36.2 Å². The first-order valence-corrected chi connectivity index (χ1v) is 12.9. The molecule has 0 radical (unpaired) electrons. The number of aliphatic hydroxyl groups is 1. The lowest BCUT2D eigenvalue weighted by Crippen LogP contribution is -2.38. The van der Waals surface area contributed by atoms with E-state index in [1.54, 1.807) is 0 Å². The van der Waals surface area contributed by atoms with Crippen LogP contribution < -0.4 is 10.6 Å². The molecule has 0 aromatic carbocycles. The minimum Gasteiger partial charge on any atom is -0.389 e. The summed E-state index contributed by atoms with van der Waals surface area (Å²) in [5.74, 6) is -1.24. The predicted molar refractivity (Wildman–Crippen MR) is 132 cm³/mol. The number of alkyl halides is 6. The Morgan fingerprint density at radius 3 is 2.50 bits per heavy atom. The second-order valence-corrected chi connectivity index (χ2v) is 11.1. The summed E-state index contributed by atoms with van der Waals surface area (Å²) in [5, 5.41) is 14.3. The SMILES string of the molecule is C[C@H]1CCCCN1Cc1nc(C(=O)NCC(C)(C)O)sc1-c1cnc(N[C@H](C)C(F)(F)F)cc1C(F)(F)F. The zero-order valence-electron chi connectivity index (χ0n) is 21.4. The molecule has 1 aliphatic heterocycles. The fourth-order valence-corrected chi connectivity index (χ4v) is 4.99. The third kappa shape index (κ3) is 7.79. The summed E-state index contributed by atoms with van der Waals surface area (Å²) in [6.07, 6.45) is -5.89. The van der Waals surface area contributed by atoms with Crippen LogP contribution in [0.15, 0.2) is 12.3 Å². The van der Waals surface area contributed by atoms with Gasteiger partial charge in [-0.25, -0.2) is 9.97 Å². The number of anilines is 1. The number of piperidine rings is 1. The van der Waals surface area contributed by atoms with Crippen LogP contribution in [0, 0.1) is 0 Å². The van der Waals surface area contributed by atoms with Gasteiger partial charge in [-0.05, 0) is 53.1 Å². The Balaban J connectivity index is 2.06. The van der Waals surface area contributed by atoms with E-state index in [2.05, 4.69) is 20.2 Å². The van der Waals surface area contributed by atoms with Gasteiger partial charge >= 0.3 is 12.4 Å². The zero-order valence-corrected chi connectivity index (χ0v) is 22.2. The van der Waals surface area contributed by atoms with Crippen molar-refractivity contribution in [2.45, 2.75) is 83.5 Å². The van der Waals surface area contributed by atoms with E-state index < -0.39 is 41.3 Å². The number of carbonyl (C=O) groups excluding carboxylic acids is 1. The highest BCUT2D eigenvalue weighted by molar-refractivity contribution is 7.17. The van der Waals surface area contributed by atoms with Crippen LogP contribution in [-0.4, -0.2) is 62.8 Å². The number of carbonyl (C=O) groups is 1. The van der Waals surface area contributed by atoms with Crippen molar-refractivity contribution in [2.24, 2.45) is 0 Å². The summed E-state index contributed by atoms with van der Waals surface area (Å²) < 4.78 is 81.3. The van der Waals surface area contributed by atoms with Crippen LogP contribution in [-0.2, 0) is 12.7 Å². The highest BCUT2D eigenvalue weighted by atomic mass is 32.1. The third-order valence-electron chi connectivity index (χ3n) is 6.18. The molecule has 2 atom stereocenters. The lowest BCUT2D eigenvalue weighted by molar-refractivity contribution is -0.138. The molecule has 38 heavy (non-hydrogen) atoms. The Hall–Kier alpha value is -2.45. The van der Waals surface area contributed by atoms with Crippen LogP contribution >= 0.6 is 11.3 Å². The van der Waals surface area contributed by atoms with E-state index in [1.807, 2.05) is 12.2 Å². The molecular formula is C24H31F6N5O2S. The first-order valence-electron chi connectivity index (χ1n) is 12.1. The highest BCUT2D eigenvalue weighted by Crippen LogP contribution is 2.42. The minimum atomic E-state index is -4.92. The number of thiazole rings is 1. The Morgan fingerprint density at radius 1 is 1.24 bits per heavy atom. The molecule has 7 nitrogen and oxygen atoms in total. The molecule has 0 bridgehead atoms. The lowest BCUT2D eigenvalue weighted by atomic mass is 10.0. The quantitative estimate of drug-likeness (QED) is 0.367. The van der Waals surface area contributed by atoms with Crippen molar-refractivity contribution in [3.8, 4) is 10.4 Å². The van der Waals surface area contributed by atoms with Crippen molar-refractivity contribution in [3.05, 3.63) is 28.5 Å². The van der Waals surface area contributed by atoms with Crippen LogP contribution in [0.1, 0.15) is 68.0 Å². The molecule has 212 valence electrons. The van der Waals surface area contributed by atoms with Crippen LogP contribution in [0.5, 0.6) is 0 Å². The van der Waals surface area contributed by atoms with E-state index in [1.165, 1.54) is 13.8 Å². The Bertz CT molecular complexity index is 1130. The van der Waals surface area contributed by atoms with E-state index in [0.717, 1.165) is 43.7 Å². The number of hydrogen-bond donors (Lipinski definition) is 3. The first-order chi connectivity index (χ1) is 17.5. The van der Waals surface area contributed by atoms with Gasteiger partial charge in [-0.3, -0.25) is 9.69 Å². The van der Waals surface area contributed by atoms with Gasteiger partial charge in [0.05, 0.1) is 21.7 Å². The van der Waals surface area contributed by atoms with Gasteiger partial charge in [-0.2, -0.15) is 26.3 Å². The number of likely N-dealkylation sites (tertiary alicyclic amines) is 1. The molecule has 2 aromatic heterocycles. The van der Waals surface area contributed by atoms with Crippen LogP contribution in [0.2, 0.25) is 0 Å². The Kier molecular flexibility index (Phi) is 8.98. The van der Waals surface area contributed by atoms with E-state index in [0.29, 0.717) is 12.6 Å². The molecule has 3 rings (SSSR count). The molecule has 0 saturated carbocycles. The number of rotatable bonds is 8. The standard InChI is InChI=1S/C24H31F6N5O2S/c1-13-7-5-6-8-35(13)11-17-19(38-21(34-17)20(36)32-12-22(3,4)37)15-10-31-18(9-16(15)24(28,29)30)33-14(2)23(25,26)27/h9-10,13-14,37H,5-8,11-12H2,1-4H3,(H,31,33)(H,32,36)/t13-,14+/m0/s1. The van der Waals surface area contributed by atoms with Crippen molar-refractivity contribution >= 4 is 23.1 Å². The second kappa shape index (κ2) is 11.3. The van der Waals surface area contributed by atoms with Gasteiger partial charge in [0.15, 0.2) is 5.01 Å². The maximum Gasteiger partial charge on any atom is 0.417 e. The van der Waals surface area contributed by atoms with E-state index in [-0.39, 0.29) is 40.3 Å². The summed E-state index contributed by atoms with van der Waals surface area (Å²) in [6, 6.07) is -1.42. The van der Waals surface area contributed by atoms with Gasteiger partial charge < -0.3 is 15.7 Å². The lowest BCUT2D eigenvalue weighted by Gasteiger charge is -2.33. The fourth-order valence-electron chi connectivity index (χ4n) is 3.98. The van der Waals surface area contributed by atoms with Crippen LogP contribution in [0.4, 0.5) is 32.2 Å². The number of nitrogens with one attached hydrogen (secondary N) is 2. The number of pyridine rings is 1. The molecule has 0 unspecified atom stereocenters. The molecule has 1 fully saturated rings. The van der Waals surface area contributed by atoms with Crippen LogP contribution in [0.3, 0.4) is 0 Å². The summed E-state index contributed by atoms with van der Waals surface area (Å²) in [4.78, 5) is 23.1. The first kappa shape index (κ1) is 30.1. The highest BCUT2D eigenvalue weighted by Gasteiger charge is 2.39. The van der Waals surface area contributed by atoms with Crippen molar-refractivity contribution in [1.29, 1.82) is 0 Å². The Labute approximate surface area is 220 Å². The fraction of sp³-hybridized carbons (Fsp3) is 0.625.